The Labute approximate surface area is 151 Å². The Kier molecular flexibility index (Phi) is 3.95. The molecule has 0 bridgehead atoms. The van der Waals surface area contributed by atoms with Gasteiger partial charge in [0.25, 0.3) is 5.69 Å². The SMILES string of the molecule is CC(=O)Nc1ccc2c(c1)[C@H]1C=CC[C@@H]1[C@@H](c1ccc([N+](=O)[O-])cc1)N2. The molecule has 1 aliphatic carbocycles. The van der Waals surface area contributed by atoms with Crippen molar-refractivity contribution in [2.45, 2.75) is 25.3 Å². The fraction of sp³-hybridized carbons (Fsp3) is 0.250. The molecule has 0 saturated heterocycles. The Balaban J connectivity index is 1.68. The van der Waals surface area contributed by atoms with Gasteiger partial charge in [-0.3, -0.25) is 14.9 Å². The van der Waals surface area contributed by atoms with Gasteiger partial charge in [-0.25, -0.2) is 0 Å². The predicted octanol–water partition coefficient (Wildman–Crippen LogP) is 4.38. The Morgan fingerprint density at radius 1 is 1.23 bits per heavy atom. The lowest BCUT2D eigenvalue weighted by molar-refractivity contribution is -0.384. The van der Waals surface area contributed by atoms with Crippen molar-refractivity contribution >= 4 is 23.0 Å². The van der Waals surface area contributed by atoms with Gasteiger partial charge >= 0.3 is 0 Å². The fourth-order valence-corrected chi connectivity index (χ4v) is 4.01. The zero-order valence-corrected chi connectivity index (χ0v) is 14.3. The summed E-state index contributed by atoms with van der Waals surface area (Å²) in [6.45, 7) is 1.50. The molecule has 0 unspecified atom stereocenters. The molecule has 0 saturated carbocycles. The number of nitro benzene ring substituents is 1. The molecule has 0 radical (unpaired) electrons. The van der Waals surface area contributed by atoms with Gasteiger partial charge in [0.05, 0.1) is 11.0 Å². The van der Waals surface area contributed by atoms with Crippen LogP contribution in [0.25, 0.3) is 0 Å². The van der Waals surface area contributed by atoms with Gasteiger partial charge in [0.2, 0.25) is 5.91 Å². The first-order valence-electron chi connectivity index (χ1n) is 8.62. The van der Waals surface area contributed by atoms with Gasteiger partial charge in [-0.15, -0.1) is 0 Å². The van der Waals surface area contributed by atoms with Crippen LogP contribution in [0.1, 0.15) is 36.4 Å². The second-order valence-electron chi connectivity index (χ2n) is 6.81. The number of hydrogen-bond acceptors (Lipinski definition) is 4. The highest BCUT2D eigenvalue weighted by molar-refractivity contribution is 5.89. The molecule has 0 spiro atoms. The lowest BCUT2D eigenvalue weighted by Crippen LogP contribution is -2.29. The molecule has 1 aliphatic heterocycles. The lowest BCUT2D eigenvalue weighted by atomic mass is 9.77. The first kappa shape index (κ1) is 16.3. The number of allylic oxidation sites excluding steroid dienone is 2. The number of amides is 1. The summed E-state index contributed by atoms with van der Waals surface area (Å²) in [5.74, 6) is 0.521. The molecule has 0 fully saturated rings. The lowest BCUT2D eigenvalue weighted by Gasteiger charge is -2.37. The fourth-order valence-electron chi connectivity index (χ4n) is 4.01. The van der Waals surface area contributed by atoms with Crippen molar-refractivity contribution in [1.82, 2.24) is 0 Å². The molecule has 2 aromatic rings. The first-order chi connectivity index (χ1) is 12.5. The highest BCUT2D eigenvalue weighted by atomic mass is 16.6. The van der Waals surface area contributed by atoms with Gasteiger partial charge < -0.3 is 10.6 Å². The molecule has 1 amide bonds. The van der Waals surface area contributed by atoms with Gasteiger partial charge in [0.15, 0.2) is 0 Å². The molecule has 1 heterocycles. The monoisotopic (exact) mass is 349 g/mol. The van der Waals surface area contributed by atoms with E-state index >= 15 is 0 Å². The van der Waals surface area contributed by atoms with E-state index in [1.807, 2.05) is 30.3 Å². The van der Waals surface area contributed by atoms with Crippen LogP contribution in [0.15, 0.2) is 54.6 Å². The molecule has 6 heteroatoms. The molecule has 2 N–H and O–H groups in total. The Hall–Kier alpha value is -3.15. The number of non-ortho nitro benzene ring substituents is 1. The molecule has 3 atom stereocenters. The highest BCUT2D eigenvalue weighted by Crippen LogP contribution is 2.50. The summed E-state index contributed by atoms with van der Waals surface area (Å²) in [6, 6.07) is 12.8. The zero-order chi connectivity index (χ0) is 18.3. The maximum Gasteiger partial charge on any atom is 0.269 e. The second-order valence-corrected chi connectivity index (χ2v) is 6.81. The van der Waals surface area contributed by atoms with Crippen molar-refractivity contribution < 1.29 is 9.72 Å². The number of nitrogens with zero attached hydrogens (tertiary/aromatic N) is 1. The van der Waals surface area contributed by atoms with Crippen LogP contribution in [0, 0.1) is 16.0 Å². The van der Waals surface area contributed by atoms with Crippen LogP contribution in [0.3, 0.4) is 0 Å². The first-order valence-corrected chi connectivity index (χ1v) is 8.62. The van der Waals surface area contributed by atoms with E-state index in [2.05, 4.69) is 22.8 Å². The van der Waals surface area contributed by atoms with Crippen LogP contribution in [0.2, 0.25) is 0 Å². The summed E-state index contributed by atoms with van der Waals surface area (Å²) in [7, 11) is 0. The standard InChI is InChI=1S/C20H19N3O3/c1-12(24)21-14-7-10-19-18(11-14)16-3-2-4-17(16)20(22-19)13-5-8-15(9-6-13)23(25)26/h2-3,5-11,16-17,20,22H,4H2,1H3,(H,21,24)/t16-,17-,20+/m0/s1. The molecule has 132 valence electrons. The molecular weight excluding hydrogens is 330 g/mol. The number of hydrogen-bond donors (Lipinski definition) is 2. The van der Waals surface area contributed by atoms with Crippen LogP contribution in [-0.4, -0.2) is 10.8 Å². The minimum atomic E-state index is -0.378. The van der Waals surface area contributed by atoms with Crippen molar-refractivity contribution in [2.24, 2.45) is 5.92 Å². The third-order valence-corrected chi connectivity index (χ3v) is 5.15. The van der Waals surface area contributed by atoms with E-state index in [9.17, 15) is 14.9 Å². The van der Waals surface area contributed by atoms with E-state index in [1.54, 1.807) is 12.1 Å². The Morgan fingerprint density at radius 2 is 2.00 bits per heavy atom. The van der Waals surface area contributed by atoms with E-state index in [1.165, 1.54) is 12.5 Å². The van der Waals surface area contributed by atoms with Gasteiger partial charge in [-0.05, 0) is 41.7 Å². The third-order valence-electron chi connectivity index (χ3n) is 5.15. The van der Waals surface area contributed by atoms with Gasteiger partial charge in [0.1, 0.15) is 0 Å². The molecule has 2 aliphatic rings. The van der Waals surface area contributed by atoms with Crippen LogP contribution in [-0.2, 0) is 4.79 Å². The number of nitrogens with one attached hydrogen (secondary N) is 2. The summed E-state index contributed by atoms with van der Waals surface area (Å²) in [6.07, 6.45) is 5.36. The minimum Gasteiger partial charge on any atom is -0.378 e. The van der Waals surface area contributed by atoms with Gasteiger partial charge in [0, 0.05) is 36.3 Å². The summed E-state index contributed by atoms with van der Waals surface area (Å²) >= 11 is 0. The number of carbonyl (C=O) groups is 1. The van der Waals surface area contributed by atoms with E-state index in [4.69, 9.17) is 0 Å². The molecular formula is C20H19N3O3. The van der Waals surface area contributed by atoms with Gasteiger partial charge in [-0.2, -0.15) is 0 Å². The van der Waals surface area contributed by atoms with Crippen molar-refractivity contribution in [1.29, 1.82) is 0 Å². The summed E-state index contributed by atoms with van der Waals surface area (Å²) in [4.78, 5) is 21.8. The average Bonchev–Trinajstić information content (AvgIpc) is 3.11. The second kappa shape index (κ2) is 6.29. The number of rotatable bonds is 3. The molecule has 4 rings (SSSR count). The van der Waals surface area contributed by atoms with Crippen LogP contribution >= 0.6 is 0 Å². The van der Waals surface area contributed by atoms with E-state index in [-0.39, 0.29) is 28.5 Å². The van der Waals surface area contributed by atoms with Crippen molar-refractivity contribution in [3.63, 3.8) is 0 Å². The molecule has 26 heavy (non-hydrogen) atoms. The quantitative estimate of drug-likeness (QED) is 0.489. The van der Waals surface area contributed by atoms with E-state index in [0.717, 1.165) is 23.4 Å². The summed E-state index contributed by atoms with van der Waals surface area (Å²) in [5.41, 5.74) is 4.16. The number of anilines is 2. The van der Waals surface area contributed by atoms with Crippen molar-refractivity contribution in [3.05, 3.63) is 75.9 Å². The van der Waals surface area contributed by atoms with Gasteiger partial charge in [-0.1, -0.05) is 24.3 Å². The van der Waals surface area contributed by atoms with Crippen LogP contribution < -0.4 is 10.6 Å². The average molecular weight is 349 g/mol. The van der Waals surface area contributed by atoms with Crippen molar-refractivity contribution in [2.75, 3.05) is 10.6 Å². The maximum atomic E-state index is 11.3. The normalized spacial score (nSPS) is 22.9. The maximum absolute atomic E-state index is 11.3. The molecule has 2 aromatic carbocycles. The predicted molar refractivity (Wildman–Crippen MR) is 100 cm³/mol. The minimum absolute atomic E-state index is 0.0870. The number of fused-ring (bicyclic) bond motifs is 3. The smallest absolute Gasteiger partial charge is 0.269 e. The summed E-state index contributed by atoms with van der Waals surface area (Å²) < 4.78 is 0. The zero-order valence-electron chi connectivity index (χ0n) is 14.3. The van der Waals surface area contributed by atoms with Crippen LogP contribution in [0.4, 0.5) is 17.1 Å². The highest BCUT2D eigenvalue weighted by Gasteiger charge is 2.38. The largest absolute Gasteiger partial charge is 0.378 e. The third kappa shape index (κ3) is 2.83. The Morgan fingerprint density at radius 3 is 2.69 bits per heavy atom. The topological polar surface area (TPSA) is 84.3 Å². The summed E-state index contributed by atoms with van der Waals surface area (Å²) in [5, 5.41) is 17.3. The molecule has 6 nitrogen and oxygen atoms in total. The number of benzene rings is 2. The van der Waals surface area contributed by atoms with Crippen LogP contribution in [0.5, 0.6) is 0 Å². The van der Waals surface area contributed by atoms with E-state index in [0.29, 0.717) is 5.92 Å². The number of carbonyl (C=O) groups excluding carboxylic acids is 1. The van der Waals surface area contributed by atoms with E-state index < -0.39 is 0 Å². The van der Waals surface area contributed by atoms with Crippen molar-refractivity contribution in [3.8, 4) is 0 Å². The number of nitro groups is 1. The molecule has 0 aromatic heterocycles. The Bertz CT molecular complexity index is 905.